The number of ether oxygens (including phenoxy) is 2. The molecule has 3 rings (SSSR count). The van der Waals surface area contributed by atoms with Crippen molar-refractivity contribution in [3.05, 3.63) is 48.2 Å². The quantitative estimate of drug-likeness (QED) is 0.817. The van der Waals surface area contributed by atoms with Crippen molar-refractivity contribution < 1.29 is 14.3 Å². The van der Waals surface area contributed by atoms with E-state index in [-0.39, 0.29) is 12.1 Å². The molecular weight excluding hydrogens is 344 g/mol. The highest BCUT2D eigenvalue weighted by atomic mass is 16.5. The molecule has 0 atom stereocenters. The van der Waals surface area contributed by atoms with Crippen LogP contribution in [0.2, 0.25) is 0 Å². The maximum Gasteiger partial charge on any atom is 0.315 e. The van der Waals surface area contributed by atoms with Gasteiger partial charge in [-0.1, -0.05) is 12.1 Å². The lowest BCUT2D eigenvalue weighted by Gasteiger charge is -2.34. The number of nitrogens with one attached hydrogen (secondary N) is 2. The number of rotatable bonds is 6. The van der Waals surface area contributed by atoms with Gasteiger partial charge >= 0.3 is 6.03 Å². The Labute approximate surface area is 159 Å². The Balaban J connectivity index is 1.45. The second kappa shape index (κ2) is 9.12. The lowest BCUT2D eigenvalue weighted by molar-refractivity contribution is 0.234. The van der Waals surface area contributed by atoms with Crippen LogP contribution in [0, 0.1) is 0 Å². The number of para-hydroxylation sites is 2. The van der Waals surface area contributed by atoms with E-state index in [4.69, 9.17) is 9.47 Å². The third-order valence-corrected chi connectivity index (χ3v) is 4.72. The molecule has 2 aromatic rings. The van der Waals surface area contributed by atoms with Gasteiger partial charge in [0.15, 0.2) is 0 Å². The summed E-state index contributed by atoms with van der Waals surface area (Å²) in [6, 6.07) is 11.7. The van der Waals surface area contributed by atoms with Crippen molar-refractivity contribution in [2.75, 3.05) is 32.2 Å². The molecule has 1 saturated heterocycles. The maximum atomic E-state index is 12.2. The Hall–Kier alpha value is -2.96. The van der Waals surface area contributed by atoms with Crippen molar-refractivity contribution in [2.45, 2.75) is 25.4 Å². The normalized spacial score (nSPS) is 14.5. The van der Waals surface area contributed by atoms with Gasteiger partial charge in [0.05, 0.1) is 19.9 Å². The van der Waals surface area contributed by atoms with Crippen LogP contribution in [-0.2, 0) is 6.54 Å². The Morgan fingerprint density at radius 3 is 2.70 bits per heavy atom. The molecule has 0 aliphatic carbocycles. The van der Waals surface area contributed by atoms with Gasteiger partial charge in [-0.2, -0.15) is 0 Å². The topological polar surface area (TPSA) is 75.7 Å². The molecule has 27 heavy (non-hydrogen) atoms. The molecule has 2 N–H and O–H groups in total. The van der Waals surface area contributed by atoms with Crippen LogP contribution >= 0.6 is 0 Å². The number of methoxy groups -OCH3 is 2. The fourth-order valence-electron chi connectivity index (χ4n) is 3.25. The van der Waals surface area contributed by atoms with Crippen LogP contribution in [0.3, 0.4) is 0 Å². The largest absolute Gasteiger partial charge is 0.495 e. The van der Waals surface area contributed by atoms with Crippen LogP contribution < -0.4 is 25.0 Å². The lowest BCUT2D eigenvalue weighted by Crippen LogP contribution is -2.47. The third kappa shape index (κ3) is 5.03. The first-order chi connectivity index (χ1) is 13.2. The van der Waals surface area contributed by atoms with E-state index in [1.54, 1.807) is 20.4 Å². The fraction of sp³-hybridized carbons (Fsp3) is 0.400. The number of carbonyl (C=O) groups excluding carboxylic acids is 1. The lowest BCUT2D eigenvalue weighted by atomic mass is 10.0. The first kappa shape index (κ1) is 18.8. The molecule has 144 valence electrons. The molecule has 2 heterocycles. The van der Waals surface area contributed by atoms with Crippen molar-refractivity contribution in [2.24, 2.45) is 0 Å². The molecule has 1 aliphatic heterocycles. The first-order valence-electron chi connectivity index (χ1n) is 9.11. The van der Waals surface area contributed by atoms with Crippen molar-refractivity contribution >= 4 is 11.7 Å². The summed E-state index contributed by atoms with van der Waals surface area (Å²) in [5, 5.41) is 5.96. The van der Waals surface area contributed by atoms with Crippen LogP contribution in [0.4, 0.5) is 10.5 Å². The van der Waals surface area contributed by atoms with Gasteiger partial charge in [0.25, 0.3) is 0 Å². The summed E-state index contributed by atoms with van der Waals surface area (Å²) in [5.74, 6) is 1.42. The third-order valence-electron chi connectivity index (χ3n) is 4.72. The minimum absolute atomic E-state index is 0.151. The smallest absolute Gasteiger partial charge is 0.315 e. The van der Waals surface area contributed by atoms with Gasteiger partial charge in [-0.25, -0.2) is 9.78 Å². The predicted molar refractivity (Wildman–Crippen MR) is 104 cm³/mol. The zero-order chi connectivity index (χ0) is 19.1. The van der Waals surface area contributed by atoms with E-state index < -0.39 is 0 Å². The van der Waals surface area contributed by atoms with E-state index in [2.05, 4.69) is 26.6 Å². The van der Waals surface area contributed by atoms with Crippen LogP contribution in [0.5, 0.6) is 11.6 Å². The number of hydrogen-bond donors (Lipinski definition) is 2. The number of hydrogen-bond acceptors (Lipinski definition) is 5. The maximum absolute atomic E-state index is 12.2. The fourth-order valence-corrected chi connectivity index (χ4v) is 3.25. The van der Waals surface area contributed by atoms with Gasteiger partial charge in [0, 0.05) is 37.9 Å². The van der Waals surface area contributed by atoms with Crippen LogP contribution in [0.15, 0.2) is 42.6 Å². The number of carbonyl (C=O) groups is 1. The number of anilines is 1. The molecule has 7 nitrogen and oxygen atoms in total. The van der Waals surface area contributed by atoms with Crippen molar-refractivity contribution in [3.63, 3.8) is 0 Å². The number of piperidine rings is 1. The number of nitrogens with zero attached hydrogens (tertiary/aromatic N) is 2. The van der Waals surface area contributed by atoms with E-state index in [1.807, 2.05) is 30.3 Å². The minimum atomic E-state index is -0.151. The summed E-state index contributed by atoms with van der Waals surface area (Å²) in [6.45, 7) is 2.20. The van der Waals surface area contributed by atoms with Gasteiger partial charge in [0.2, 0.25) is 5.88 Å². The zero-order valence-electron chi connectivity index (χ0n) is 15.8. The summed E-state index contributed by atoms with van der Waals surface area (Å²) in [4.78, 5) is 18.6. The second-order valence-corrected chi connectivity index (χ2v) is 6.47. The highest BCUT2D eigenvalue weighted by Crippen LogP contribution is 2.29. The summed E-state index contributed by atoms with van der Waals surface area (Å²) in [5.41, 5.74) is 2.05. The number of pyridine rings is 1. The molecule has 0 spiro atoms. The van der Waals surface area contributed by atoms with Crippen molar-refractivity contribution in [1.29, 1.82) is 0 Å². The Kier molecular flexibility index (Phi) is 6.35. The van der Waals surface area contributed by atoms with Crippen LogP contribution in [0.1, 0.15) is 18.4 Å². The van der Waals surface area contributed by atoms with E-state index in [1.165, 1.54) is 0 Å². The highest BCUT2D eigenvalue weighted by Gasteiger charge is 2.22. The Morgan fingerprint density at radius 2 is 1.96 bits per heavy atom. The summed E-state index contributed by atoms with van der Waals surface area (Å²) < 4.78 is 10.5. The molecule has 0 unspecified atom stereocenters. The van der Waals surface area contributed by atoms with Gasteiger partial charge in [0.1, 0.15) is 5.75 Å². The molecule has 1 fully saturated rings. The number of amides is 2. The molecule has 7 heteroatoms. The van der Waals surface area contributed by atoms with Gasteiger partial charge < -0.3 is 25.0 Å². The van der Waals surface area contributed by atoms with Crippen molar-refractivity contribution in [3.8, 4) is 11.6 Å². The van der Waals surface area contributed by atoms with E-state index in [0.717, 1.165) is 42.9 Å². The molecule has 1 aromatic carbocycles. The standard InChI is InChI=1S/C20H26N4O3/c1-26-18-6-4-3-5-17(18)24-11-8-16(9-12-24)23-20(25)22-14-15-7-10-21-19(13-15)27-2/h3-7,10,13,16H,8-9,11-12,14H2,1-2H3,(H2,22,23,25). The Bertz CT molecular complexity index is 760. The van der Waals surface area contributed by atoms with E-state index in [9.17, 15) is 4.79 Å². The SMILES string of the molecule is COc1cc(CNC(=O)NC2CCN(c3ccccc3OC)CC2)ccn1. The zero-order valence-corrected chi connectivity index (χ0v) is 15.8. The molecule has 0 bridgehead atoms. The van der Waals surface area contributed by atoms with Crippen LogP contribution in [0.25, 0.3) is 0 Å². The van der Waals surface area contributed by atoms with Gasteiger partial charge in [-0.15, -0.1) is 0 Å². The molecule has 1 aliphatic rings. The van der Waals surface area contributed by atoms with Gasteiger partial charge in [-0.05, 0) is 36.6 Å². The van der Waals surface area contributed by atoms with E-state index in [0.29, 0.717) is 12.4 Å². The van der Waals surface area contributed by atoms with E-state index >= 15 is 0 Å². The molecule has 0 saturated carbocycles. The highest BCUT2D eigenvalue weighted by molar-refractivity contribution is 5.74. The second-order valence-electron chi connectivity index (χ2n) is 6.47. The molecular formula is C20H26N4O3. The first-order valence-corrected chi connectivity index (χ1v) is 9.11. The summed E-state index contributed by atoms with van der Waals surface area (Å²) >= 11 is 0. The average Bonchev–Trinajstić information content (AvgIpc) is 2.73. The Morgan fingerprint density at radius 1 is 1.19 bits per heavy atom. The monoisotopic (exact) mass is 370 g/mol. The average molecular weight is 370 g/mol. The summed E-state index contributed by atoms with van der Waals surface area (Å²) in [7, 11) is 3.26. The summed E-state index contributed by atoms with van der Waals surface area (Å²) in [6.07, 6.45) is 3.46. The number of aromatic nitrogens is 1. The molecule has 2 amide bonds. The minimum Gasteiger partial charge on any atom is -0.495 e. The predicted octanol–water partition coefficient (Wildman–Crippen LogP) is 2.57. The molecule has 0 radical (unpaired) electrons. The number of urea groups is 1. The van der Waals surface area contributed by atoms with Gasteiger partial charge in [-0.3, -0.25) is 0 Å². The van der Waals surface area contributed by atoms with Crippen molar-refractivity contribution in [1.82, 2.24) is 15.6 Å². The van der Waals surface area contributed by atoms with Crippen LogP contribution in [-0.4, -0.2) is 44.4 Å². The molecule has 1 aromatic heterocycles. The number of benzene rings is 1.